The molecule has 5 N–H and O–H groups in total. The lowest BCUT2D eigenvalue weighted by Gasteiger charge is -2.20. The first kappa shape index (κ1) is 53.8. The summed E-state index contributed by atoms with van der Waals surface area (Å²) in [5.41, 5.74) is 0. The number of rotatable bonds is 37. The second kappa shape index (κ2) is 34.5. The average molecular weight is 845 g/mol. The molecule has 0 aliphatic heterocycles. The highest BCUT2D eigenvalue weighted by Gasteiger charge is 2.39. The lowest BCUT2D eigenvalue weighted by atomic mass is 9.90. The number of esters is 2. The number of aliphatic hydroxyl groups excluding tert-OH is 4. The molecular formula is C44H77O13P. The van der Waals surface area contributed by atoms with E-state index in [-0.39, 0.29) is 31.0 Å². The van der Waals surface area contributed by atoms with Crippen molar-refractivity contribution in [2.24, 2.45) is 11.8 Å². The number of ketones is 1. The first-order chi connectivity index (χ1) is 27.9. The fourth-order valence-electron chi connectivity index (χ4n) is 6.62. The summed E-state index contributed by atoms with van der Waals surface area (Å²) >= 11 is 0. The third kappa shape index (κ3) is 28.3. The molecule has 58 heavy (non-hydrogen) atoms. The molecule has 0 heterocycles. The molecule has 14 heteroatoms. The lowest BCUT2D eigenvalue weighted by Crippen LogP contribution is -2.29. The Kier molecular flexibility index (Phi) is 32.0. The number of phosphoric acid groups is 1. The van der Waals surface area contributed by atoms with Crippen LogP contribution in [-0.2, 0) is 37.5 Å². The maximum absolute atomic E-state index is 12.7. The van der Waals surface area contributed by atoms with Crippen LogP contribution in [0.3, 0.4) is 0 Å². The van der Waals surface area contributed by atoms with Gasteiger partial charge in [-0.15, -0.1) is 0 Å². The fraction of sp³-hybridized carbons (Fsp3) is 0.795. The highest BCUT2D eigenvalue weighted by Crippen LogP contribution is 2.43. The summed E-state index contributed by atoms with van der Waals surface area (Å²) < 4.78 is 32.6. The van der Waals surface area contributed by atoms with Crippen molar-refractivity contribution < 1.29 is 62.8 Å². The van der Waals surface area contributed by atoms with Crippen LogP contribution in [0.5, 0.6) is 0 Å². The molecule has 0 aromatic heterocycles. The van der Waals surface area contributed by atoms with Crippen LogP contribution in [0.1, 0.15) is 162 Å². The van der Waals surface area contributed by atoms with Gasteiger partial charge in [-0.2, -0.15) is 0 Å². The topological polar surface area (TPSA) is 206 Å². The summed E-state index contributed by atoms with van der Waals surface area (Å²) in [6, 6.07) is 0. The Bertz CT molecular complexity index is 1220. The van der Waals surface area contributed by atoms with Gasteiger partial charge in [-0.1, -0.05) is 121 Å². The van der Waals surface area contributed by atoms with Crippen LogP contribution in [0, 0.1) is 11.8 Å². The summed E-state index contributed by atoms with van der Waals surface area (Å²) in [6.07, 6.45) is 27.6. The number of carbonyl (C=O) groups excluding carboxylic acids is 3. The summed E-state index contributed by atoms with van der Waals surface area (Å²) in [5, 5.41) is 39.0. The predicted molar refractivity (Wildman–Crippen MR) is 225 cm³/mol. The predicted octanol–water partition coefficient (Wildman–Crippen LogP) is 8.15. The molecule has 0 aromatic rings. The maximum atomic E-state index is 12.7. The number of hydrogen-bond acceptors (Lipinski definition) is 12. The van der Waals surface area contributed by atoms with Crippen LogP contribution in [0.25, 0.3) is 0 Å². The number of Topliss-reactive ketones (excluding diaryl/α,β-unsaturated/α-hetero) is 1. The van der Waals surface area contributed by atoms with Gasteiger partial charge in [0.2, 0.25) is 0 Å². The first-order valence-electron chi connectivity index (χ1n) is 22.0. The summed E-state index contributed by atoms with van der Waals surface area (Å²) in [4.78, 5) is 47.7. The standard InChI is InChI=1S/C44H77O13P/c1-3-5-7-8-9-10-11-12-13-14-15-16-17-18-23-27-43(50)54-34-38(35-56-58(52,53)55-33-37(47)32-45)57-44(51)28-24-20-19-22-26-39-40(42(49)31-41(39)48)30-29-36(46)25-21-6-4-2/h12-13,19,22,29-30,36-40,42,45-47,49H,3-11,14-18,20-21,23-28,31-35H2,1-2H3,(H,52,53)/b13-12-,22-19-,30-29+/t36-,37-,38+,39+,40+,42+/m0/s1. The molecule has 1 unspecified atom stereocenters. The molecule has 13 nitrogen and oxygen atoms in total. The van der Waals surface area contributed by atoms with E-state index in [4.69, 9.17) is 19.1 Å². The molecule has 0 amide bonds. The monoisotopic (exact) mass is 845 g/mol. The minimum Gasteiger partial charge on any atom is -0.462 e. The normalized spacial score (nSPS) is 19.9. The number of carbonyl (C=O) groups is 3. The van der Waals surface area contributed by atoms with Crippen molar-refractivity contribution >= 4 is 25.5 Å². The van der Waals surface area contributed by atoms with Gasteiger partial charge in [-0.25, -0.2) is 4.57 Å². The second-order valence-electron chi connectivity index (χ2n) is 15.5. The van der Waals surface area contributed by atoms with E-state index in [1.54, 1.807) is 12.2 Å². The molecule has 0 saturated heterocycles. The smallest absolute Gasteiger partial charge is 0.462 e. The summed E-state index contributed by atoms with van der Waals surface area (Å²) in [5.74, 6) is -1.93. The Balaban J connectivity index is 2.49. The lowest BCUT2D eigenvalue weighted by molar-refractivity contribution is -0.161. The van der Waals surface area contributed by atoms with Crippen molar-refractivity contribution in [1.82, 2.24) is 0 Å². The maximum Gasteiger partial charge on any atom is 0.472 e. The van der Waals surface area contributed by atoms with Crippen LogP contribution in [-0.4, -0.2) is 93.9 Å². The van der Waals surface area contributed by atoms with Gasteiger partial charge in [-0.05, 0) is 57.8 Å². The Labute approximate surface area is 348 Å². The van der Waals surface area contributed by atoms with E-state index in [0.29, 0.717) is 32.1 Å². The van der Waals surface area contributed by atoms with Gasteiger partial charge in [0.25, 0.3) is 0 Å². The van der Waals surface area contributed by atoms with Crippen molar-refractivity contribution in [1.29, 1.82) is 0 Å². The highest BCUT2D eigenvalue weighted by molar-refractivity contribution is 7.47. The van der Waals surface area contributed by atoms with Gasteiger partial charge < -0.3 is 34.8 Å². The van der Waals surface area contributed by atoms with Gasteiger partial charge in [0.15, 0.2) is 6.10 Å². The summed E-state index contributed by atoms with van der Waals surface area (Å²) in [6.45, 7) is 1.94. The number of aliphatic hydroxyl groups is 4. The zero-order valence-corrected chi connectivity index (χ0v) is 36.4. The van der Waals surface area contributed by atoms with E-state index >= 15 is 0 Å². The molecule has 336 valence electrons. The van der Waals surface area contributed by atoms with Crippen LogP contribution in [0.2, 0.25) is 0 Å². The molecule has 1 aliphatic rings. The molecule has 0 spiro atoms. The zero-order valence-electron chi connectivity index (χ0n) is 35.5. The third-order valence-corrected chi connectivity index (χ3v) is 11.1. The molecule has 0 aromatic carbocycles. The largest absolute Gasteiger partial charge is 0.472 e. The molecule has 0 radical (unpaired) electrons. The van der Waals surface area contributed by atoms with Gasteiger partial charge >= 0.3 is 19.8 Å². The van der Waals surface area contributed by atoms with E-state index in [1.165, 1.54) is 38.5 Å². The quantitative estimate of drug-likeness (QED) is 0.0174. The number of hydrogen-bond donors (Lipinski definition) is 5. The Hall–Kier alpha value is -2.22. The van der Waals surface area contributed by atoms with E-state index in [1.807, 2.05) is 12.2 Å². The average Bonchev–Trinajstić information content (AvgIpc) is 3.47. The third-order valence-electron chi connectivity index (χ3n) is 10.1. The van der Waals surface area contributed by atoms with Gasteiger partial charge in [-0.3, -0.25) is 23.4 Å². The minimum atomic E-state index is -4.69. The molecular weight excluding hydrogens is 767 g/mol. The van der Waals surface area contributed by atoms with Gasteiger partial charge in [0, 0.05) is 31.1 Å². The van der Waals surface area contributed by atoms with Crippen molar-refractivity contribution in [2.75, 3.05) is 26.4 Å². The van der Waals surface area contributed by atoms with Crippen molar-refractivity contribution in [3.05, 3.63) is 36.5 Å². The van der Waals surface area contributed by atoms with Crippen LogP contribution in [0.4, 0.5) is 0 Å². The van der Waals surface area contributed by atoms with Crippen LogP contribution < -0.4 is 0 Å². The van der Waals surface area contributed by atoms with Gasteiger partial charge in [0.05, 0.1) is 32.0 Å². The van der Waals surface area contributed by atoms with Crippen molar-refractivity contribution in [3.8, 4) is 0 Å². The Morgan fingerprint density at radius 3 is 2.00 bits per heavy atom. The van der Waals surface area contributed by atoms with E-state index in [2.05, 4.69) is 30.5 Å². The van der Waals surface area contributed by atoms with E-state index in [0.717, 1.165) is 57.8 Å². The molecule has 7 atom stereocenters. The van der Waals surface area contributed by atoms with Gasteiger partial charge in [0.1, 0.15) is 18.5 Å². The van der Waals surface area contributed by atoms with Crippen LogP contribution >= 0.6 is 7.82 Å². The number of allylic oxidation sites excluding steroid dienone is 4. The number of ether oxygens (including phenoxy) is 2. The fourth-order valence-corrected chi connectivity index (χ4v) is 7.40. The van der Waals surface area contributed by atoms with E-state index in [9.17, 15) is 39.2 Å². The zero-order chi connectivity index (χ0) is 42.9. The Morgan fingerprint density at radius 2 is 1.33 bits per heavy atom. The van der Waals surface area contributed by atoms with E-state index < -0.39 is 76.5 Å². The minimum absolute atomic E-state index is 0.0119. The van der Waals surface area contributed by atoms with Crippen LogP contribution in [0.15, 0.2) is 36.5 Å². The molecule has 1 fully saturated rings. The molecule has 1 aliphatic carbocycles. The highest BCUT2D eigenvalue weighted by atomic mass is 31.2. The van der Waals surface area contributed by atoms with Crippen molar-refractivity contribution in [2.45, 2.75) is 186 Å². The summed E-state index contributed by atoms with van der Waals surface area (Å²) in [7, 11) is -4.69. The SMILES string of the molecule is CCCCCCCC/C=C\CCCCCCCC(=O)OC[C@H](COP(=O)(O)OC[C@@H](O)CO)OC(=O)CCC/C=C\C[C@H]1C(=O)C[C@@H](O)[C@@H]1/C=C/[C@@H](O)CCCCC. The molecule has 1 rings (SSSR count). The molecule has 1 saturated carbocycles. The number of phosphoric ester groups is 1. The second-order valence-corrected chi connectivity index (χ2v) is 16.9. The van der Waals surface area contributed by atoms with Crippen molar-refractivity contribution in [3.63, 3.8) is 0 Å². The first-order valence-corrected chi connectivity index (χ1v) is 23.5. The number of unbranched alkanes of at least 4 members (excludes halogenated alkanes) is 14. The molecule has 0 bridgehead atoms. The Morgan fingerprint density at radius 1 is 0.759 bits per heavy atom.